The number of allylic oxidation sites excluding steroid dienone is 4. The predicted octanol–water partition coefficient (Wildman–Crippen LogP) is 4.01. The van der Waals surface area contributed by atoms with Crippen LogP contribution in [0.1, 0.15) is 17.9 Å². The molecule has 0 radical (unpaired) electrons. The van der Waals surface area contributed by atoms with Gasteiger partial charge in [0.05, 0.1) is 0 Å². The fourth-order valence-corrected chi connectivity index (χ4v) is 2.00. The molecular weight excluding hydrogens is 224 g/mol. The number of rotatable bonds is 1. The van der Waals surface area contributed by atoms with Gasteiger partial charge in [0.25, 0.3) is 0 Å². The van der Waals surface area contributed by atoms with Crippen LogP contribution in [-0.4, -0.2) is 0 Å². The van der Waals surface area contributed by atoms with E-state index in [9.17, 15) is 0 Å². The number of hydrogen-bond acceptors (Lipinski definition) is 0. The predicted molar refractivity (Wildman–Crippen MR) is 60.0 cm³/mol. The first kappa shape index (κ1) is 8.76. The van der Waals surface area contributed by atoms with Crippen molar-refractivity contribution in [3.63, 3.8) is 0 Å². The molecule has 1 heteroatoms. The Morgan fingerprint density at radius 2 is 1.92 bits per heavy atom. The highest BCUT2D eigenvalue weighted by Gasteiger charge is 2.07. The molecule has 0 aliphatic heterocycles. The Kier molecular flexibility index (Phi) is 2.65. The Morgan fingerprint density at radius 1 is 1.15 bits per heavy atom. The number of hydrogen-bond donors (Lipinski definition) is 0. The Balaban J connectivity index is 2.27. The first-order valence-corrected chi connectivity index (χ1v) is 5.23. The van der Waals surface area contributed by atoms with Gasteiger partial charge in [-0.05, 0) is 16.5 Å². The molecule has 0 bridgehead atoms. The Labute approximate surface area is 87.1 Å². The second kappa shape index (κ2) is 3.93. The quantitative estimate of drug-likeness (QED) is 0.645. The van der Waals surface area contributed by atoms with Crippen LogP contribution < -0.4 is 0 Å². The van der Waals surface area contributed by atoms with E-state index >= 15 is 0 Å². The zero-order chi connectivity index (χ0) is 9.10. The molecule has 13 heavy (non-hydrogen) atoms. The molecule has 0 saturated heterocycles. The summed E-state index contributed by atoms with van der Waals surface area (Å²) in [6.07, 6.45) is 7.75. The van der Waals surface area contributed by atoms with E-state index in [2.05, 4.69) is 64.5 Å². The molecule has 66 valence electrons. The van der Waals surface area contributed by atoms with Crippen molar-refractivity contribution in [3.8, 4) is 0 Å². The lowest BCUT2D eigenvalue weighted by molar-refractivity contribution is 1.03. The Morgan fingerprint density at radius 3 is 2.62 bits per heavy atom. The molecule has 1 aliphatic rings. The van der Waals surface area contributed by atoms with Crippen molar-refractivity contribution < 1.29 is 0 Å². The van der Waals surface area contributed by atoms with Crippen LogP contribution in [0, 0.1) is 0 Å². The molecule has 0 nitrogen and oxygen atoms in total. The van der Waals surface area contributed by atoms with Crippen LogP contribution in [0.3, 0.4) is 0 Å². The molecular formula is C12H11Br. The fraction of sp³-hybridized carbons (Fsp3) is 0.167. The van der Waals surface area contributed by atoms with E-state index in [0.717, 1.165) is 6.42 Å². The summed E-state index contributed by atoms with van der Waals surface area (Å²) in [5, 5.41) is 0. The molecule has 0 amide bonds. The zero-order valence-electron chi connectivity index (χ0n) is 7.28. The van der Waals surface area contributed by atoms with Gasteiger partial charge in [-0.15, -0.1) is 0 Å². The second-order valence-electron chi connectivity index (χ2n) is 3.18. The summed E-state index contributed by atoms with van der Waals surface area (Å²) in [6, 6.07) is 10.5. The minimum Gasteiger partial charge on any atom is -0.0827 e. The Hall–Kier alpha value is -0.820. The SMILES string of the molecule is BrC1=CC(c2ccccc2)C=CC1. The van der Waals surface area contributed by atoms with E-state index in [1.165, 1.54) is 10.0 Å². The van der Waals surface area contributed by atoms with Crippen LogP contribution >= 0.6 is 15.9 Å². The van der Waals surface area contributed by atoms with Gasteiger partial charge < -0.3 is 0 Å². The average Bonchev–Trinajstić information content (AvgIpc) is 2.19. The molecule has 0 aromatic heterocycles. The third-order valence-electron chi connectivity index (χ3n) is 2.20. The van der Waals surface area contributed by atoms with Gasteiger partial charge in [0.15, 0.2) is 0 Å². The maximum absolute atomic E-state index is 3.54. The van der Waals surface area contributed by atoms with Crippen LogP contribution in [0.2, 0.25) is 0 Å². The minimum atomic E-state index is 0.448. The van der Waals surface area contributed by atoms with E-state index in [0.29, 0.717) is 5.92 Å². The lowest BCUT2D eigenvalue weighted by atomic mass is 9.95. The maximum atomic E-state index is 3.54. The second-order valence-corrected chi connectivity index (χ2v) is 4.20. The monoisotopic (exact) mass is 234 g/mol. The van der Waals surface area contributed by atoms with Gasteiger partial charge in [-0.1, -0.05) is 64.5 Å². The third-order valence-corrected chi connectivity index (χ3v) is 2.79. The normalized spacial score (nSPS) is 21.3. The molecule has 0 N–H and O–H groups in total. The van der Waals surface area contributed by atoms with E-state index in [1.54, 1.807) is 0 Å². The summed E-state index contributed by atoms with van der Waals surface area (Å²) >= 11 is 3.54. The van der Waals surface area contributed by atoms with Crippen LogP contribution in [0.4, 0.5) is 0 Å². The average molecular weight is 235 g/mol. The lowest BCUT2D eigenvalue weighted by Crippen LogP contribution is -1.94. The van der Waals surface area contributed by atoms with Crippen LogP contribution in [-0.2, 0) is 0 Å². The molecule has 2 rings (SSSR count). The smallest absolute Gasteiger partial charge is 0.0209 e. The number of halogens is 1. The fourth-order valence-electron chi connectivity index (χ4n) is 1.53. The van der Waals surface area contributed by atoms with Crippen molar-refractivity contribution in [2.45, 2.75) is 12.3 Å². The molecule has 1 aromatic rings. The lowest BCUT2D eigenvalue weighted by Gasteiger charge is -2.12. The largest absolute Gasteiger partial charge is 0.0827 e. The summed E-state index contributed by atoms with van der Waals surface area (Å²) in [7, 11) is 0. The van der Waals surface area contributed by atoms with Crippen LogP contribution in [0.25, 0.3) is 0 Å². The van der Waals surface area contributed by atoms with Gasteiger partial charge in [0.2, 0.25) is 0 Å². The maximum Gasteiger partial charge on any atom is 0.0209 e. The van der Waals surface area contributed by atoms with Gasteiger partial charge in [0, 0.05) is 5.92 Å². The summed E-state index contributed by atoms with van der Waals surface area (Å²) < 4.78 is 1.28. The van der Waals surface area contributed by atoms with Crippen molar-refractivity contribution in [3.05, 3.63) is 58.6 Å². The van der Waals surface area contributed by atoms with Crippen molar-refractivity contribution in [2.75, 3.05) is 0 Å². The van der Waals surface area contributed by atoms with Gasteiger partial charge >= 0.3 is 0 Å². The molecule has 0 heterocycles. The van der Waals surface area contributed by atoms with E-state index < -0.39 is 0 Å². The van der Waals surface area contributed by atoms with Gasteiger partial charge in [-0.3, -0.25) is 0 Å². The van der Waals surface area contributed by atoms with E-state index in [1.807, 2.05) is 0 Å². The van der Waals surface area contributed by atoms with Crippen molar-refractivity contribution in [2.24, 2.45) is 0 Å². The van der Waals surface area contributed by atoms with Gasteiger partial charge in [-0.25, -0.2) is 0 Å². The van der Waals surface area contributed by atoms with Gasteiger partial charge in [-0.2, -0.15) is 0 Å². The highest BCUT2D eigenvalue weighted by atomic mass is 79.9. The number of benzene rings is 1. The summed E-state index contributed by atoms with van der Waals surface area (Å²) in [5.41, 5.74) is 1.36. The third kappa shape index (κ3) is 2.10. The van der Waals surface area contributed by atoms with Crippen molar-refractivity contribution in [1.29, 1.82) is 0 Å². The van der Waals surface area contributed by atoms with Gasteiger partial charge in [0.1, 0.15) is 0 Å². The summed E-state index contributed by atoms with van der Waals surface area (Å²) in [5.74, 6) is 0.448. The first-order chi connectivity index (χ1) is 6.36. The highest BCUT2D eigenvalue weighted by molar-refractivity contribution is 9.11. The highest BCUT2D eigenvalue weighted by Crippen LogP contribution is 2.27. The molecule has 0 fully saturated rings. The first-order valence-electron chi connectivity index (χ1n) is 4.44. The van der Waals surface area contributed by atoms with E-state index in [4.69, 9.17) is 0 Å². The summed E-state index contributed by atoms with van der Waals surface area (Å²) in [6.45, 7) is 0. The Bertz CT molecular complexity index is 335. The van der Waals surface area contributed by atoms with E-state index in [-0.39, 0.29) is 0 Å². The molecule has 1 unspecified atom stereocenters. The summed E-state index contributed by atoms with van der Waals surface area (Å²) in [4.78, 5) is 0. The minimum absolute atomic E-state index is 0.448. The van der Waals surface area contributed by atoms with Crippen molar-refractivity contribution in [1.82, 2.24) is 0 Å². The zero-order valence-corrected chi connectivity index (χ0v) is 8.87. The molecule has 1 aromatic carbocycles. The molecule has 0 spiro atoms. The van der Waals surface area contributed by atoms with Crippen LogP contribution in [0.5, 0.6) is 0 Å². The molecule has 1 atom stereocenters. The standard InChI is InChI=1S/C12H11Br/c13-12-8-4-7-11(9-12)10-5-2-1-3-6-10/h1-7,9,11H,8H2. The van der Waals surface area contributed by atoms with Crippen LogP contribution in [0.15, 0.2) is 53.0 Å². The topological polar surface area (TPSA) is 0 Å². The van der Waals surface area contributed by atoms with Crippen molar-refractivity contribution >= 4 is 15.9 Å². The molecule has 0 saturated carbocycles. The molecule has 1 aliphatic carbocycles.